The number of hydrogen-bond donors (Lipinski definition) is 0. The predicted octanol–water partition coefficient (Wildman–Crippen LogP) is 2.37. The Kier molecular flexibility index (Phi) is 2.71. The van der Waals surface area contributed by atoms with Crippen molar-refractivity contribution < 1.29 is 21.6 Å². The second kappa shape index (κ2) is 3.27. The lowest BCUT2D eigenvalue weighted by atomic mass is 9.97. The molecule has 0 fully saturated rings. The molecule has 7 heteroatoms. The largest absolute Gasteiger partial charge is 0.242 e. The van der Waals surface area contributed by atoms with Gasteiger partial charge in [0.1, 0.15) is 5.25 Å². The van der Waals surface area contributed by atoms with E-state index in [1.165, 1.54) is 0 Å². The molecule has 2 unspecified atom stereocenters. The predicted molar refractivity (Wildman–Crippen MR) is 46.5 cm³/mol. The molecule has 0 saturated carbocycles. The maximum Gasteiger partial charge on any atom is 0.242 e. The summed E-state index contributed by atoms with van der Waals surface area (Å²) in [6.07, 6.45) is 1.22. The normalized spacial score (nSPS) is 33.6. The van der Waals surface area contributed by atoms with E-state index in [1.54, 1.807) is 0 Å². The minimum atomic E-state index is -4.32. The number of hydrogen-bond acceptors (Lipinski definition) is 2. The van der Waals surface area contributed by atoms with Gasteiger partial charge in [0.25, 0.3) is 0 Å². The summed E-state index contributed by atoms with van der Waals surface area (Å²) in [5.41, 5.74) is -2.96. The second-order valence-corrected chi connectivity index (χ2v) is 5.74. The lowest BCUT2D eigenvalue weighted by Gasteiger charge is -2.26. The van der Waals surface area contributed by atoms with Gasteiger partial charge in [-0.2, -0.15) is 0 Å². The van der Waals surface area contributed by atoms with Crippen molar-refractivity contribution >= 4 is 19.7 Å². The molecule has 2 nitrogen and oxygen atoms in total. The van der Waals surface area contributed by atoms with Crippen LogP contribution < -0.4 is 0 Å². The average molecular weight is 247 g/mol. The second-order valence-electron chi connectivity index (χ2n) is 2.99. The van der Waals surface area contributed by atoms with Crippen LogP contribution in [0.1, 0.15) is 6.92 Å². The van der Waals surface area contributed by atoms with Gasteiger partial charge in [-0.25, -0.2) is 21.6 Å². The van der Waals surface area contributed by atoms with Crippen LogP contribution in [0, 0.1) is 0 Å². The zero-order valence-electron chi connectivity index (χ0n) is 6.97. The molecule has 0 aromatic carbocycles. The first-order valence-corrected chi connectivity index (χ1v) is 5.91. The van der Waals surface area contributed by atoms with Crippen LogP contribution in [-0.2, 0) is 9.05 Å². The van der Waals surface area contributed by atoms with Gasteiger partial charge in [0, 0.05) is 10.7 Å². The van der Waals surface area contributed by atoms with Gasteiger partial charge in [-0.15, -0.1) is 0 Å². The highest BCUT2D eigenvalue weighted by Crippen LogP contribution is 2.38. The molecule has 0 aliphatic heterocycles. The number of allylic oxidation sites excluding steroid dienone is 3. The maximum absolute atomic E-state index is 13.5. The Morgan fingerprint density at radius 3 is 2.43 bits per heavy atom. The van der Waals surface area contributed by atoms with Gasteiger partial charge in [-0.05, 0) is 13.0 Å². The molecule has 0 N–H and O–H groups in total. The van der Waals surface area contributed by atoms with E-state index in [2.05, 4.69) is 0 Å². The first-order valence-electron chi connectivity index (χ1n) is 3.53. The van der Waals surface area contributed by atoms with Gasteiger partial charge < -0.3 is 0 Å². The molecule has 0 heterocycles. The van der Waals surface area contributed by atoms with Crippen molar-refractivity contribution in [3.63, 3.8) is 0 Å². The Hall–Kier alpha value is -0.490. The van der Waals surface area contributed by atoms with Crippen LogP contribution in [-0.4, -0.2) is 19.3 Å². The molecule has 80 valence electrons. The van der Waals surface area contributed by atoms with Crippen molar-refractivity contribution in [3.05, 3.63) is 23.8 Å². The van der Waals surface area contributed by atoms with Gasteiger partial charge in [-0.1, -0.05) is 6.08 Å². The molecule has 0 saturated heterocycles. The third-order valence-electron chi connectivity index (χ3n) is 1.89. The Labute approximate surface area is 83.5 Å². The molecule has 0 bridgehead atoms. The molecule has 0 spiro atoms. The van der Waals surface area contributed by atoms with E-state index in [1.807, 2.05) is 0 Å². The highest BCUT2D eigenvalue weighted by Gasteiger charge is 2.48. The molecule has 0 aromatic rings. The van der Waals surface area contributed by atoms with Crippen molar-refractivity contribution in [2.75, 3.05) is 0 Å². The zero-order valence-corrected chi connectivity index (χ0v) is 8.54. The third kappa shape index (κ3) is 1.81. The van der Waals surface area contributed by atoms with E-state index >= 15 is 0 Å². The fraction of sp³-hybridized carbons (Fsp3) is 0.429. The molecule has 0 radical (unpaired) electrons. The van der Waals surface area contributed by atoms with E-state index < -0.39 is 31.6 Å². The molecular weight excluding hydrogens is 241 g/mol. The lowest BCUT2D eigenvalue weighted by Crippen LogP contribution is -2.40. The van der Waals surface area contributed by atoms with Crippen LogP contribution in [0.15, 0.2) is 23.8 Å². The van der Waals surface area contributed by atoms with Crippen molar-refractivity contribution in [3.8, 4) is 0 Å². The van der Waals surface area contributed by atoms with Crippen LogP contribution in [0.2, 0.25) is 0 Å². The fourth-order valence-corrected chi connectivity index (χ4v) is 2.72. The van der Waals surface area contributed by atoms with E-state index in [0.29, 0.717) is 19.1 Å². The zero-order chi connectivity index (χ0) is 11.1. The molecule has 14 heavy (non-hydrogen) atoms. The maximum atomic E-state index is 13.5. The van der Waals surface area contributed by atoms with E-state index in [0.717, 1.165) is 0 Å². The SMILES string of the molecule is CC1(F)C(F)=C(F)C=CC1S(=O)(=O)Cl. The molecule has 0 amide bonds. The van der Waals surface area contributed by atoms with Gasteiger partial charge in [0.15, 0.2) is 17.3 Å². The van der Waals surface area contributed by atoms with Crippen molar-refractivity contribution in [1.29, 1.82) is 0 Å². The number of halogens is 4. The monoisotopic (exact) mass is 246 g/mol. The summed E-state index contributed by atoms with van der Waals surface area (Å²) >= 11 is 0. The highest BCUT2D eigenvalue weighted by molar-refractivity contribution is 8.14. The van der Waals surface area contributed by atoms with E-state index in [9.17, 15) is 21.6 Å². The summed E-state index contributed by atoms with van der Waals surface area (Å²) in [5.74, 6) is -3.18. The van der Waals surface area contributed by atoms with Crippen LogP contribution in [0.25, 0.3) is 0 Å². The van der Waals surface area contributed by atoms with Crippen LogP contribution >= 0.6 is 10.7 Å². The van der Waals surface area contributed by atoms with Gasteiger partial charge in [-0.3, -0.25) is 0 Å². The number of alkyl halides is 1. The molecule has 1 aliphatic rings. The van der Waals surface area contributed by atoms with Crippen LogP contribution in [0.5, 0.6) is 0 Å². The van der Waals surface area contributed by atoms with Crippen molar-refractivity contribution in [2.24, 2.45) is 0 Å². The number of rotatable bonds is 1. The van der Waals surface area contributed by atoms with E-state index in [4.69, 9.17) is 10.7 Å². The van der Waals surface area contributed by atoms with E-state index in [-0.39, 0.29) is 0 Å². The summed E-state index contributed by atoms with van der Waals surface area (Å²) in [5, 5.41) is -1.91. The molecule has 1 rings (SSSR count). The smallest absolute Gasteiger partial charge is 0.234 e. The quantitative estimate of drug-likeness (QED) is 0.666. The Morgan fingerprint density at radius 1 is 1.50 bits per heavy atom. The topological polar surface area (TPSA) is 34.1 Å². The first kappa shape index (κ1) is 11.6. The average Bonchev–Trinajstić information content (AvgIpc) is 1.97. The minimum Gasteiger partial charge on any atom is -0.234 e. The van der Waals surface area contributed by atoms with Gasteiger partial charge >= 0.3 is 0 Å². The Morgan fingerprint density at radius 2 is 2.00 bits per heavy atom. The lowest BCUT2D eigenvalue weighted by molar-refractivity contribution is 0.194. The summed E-state index contributed by atoms with van der Waals surface area (Å²) < 4.78 is 60.6. The van der Waals surface area contributed by atoms with Gasteiger partial charge in [0.2, 0.25) is 9.05 Å². The Bertz CT molecular complexity index is 411. The van der Waals surface area contributed by atoms with Gasteiger partial charge in [0.05, 0.1) is 0 Å². The van der Waals surface area contributed by atoms with Crippen molar-refractivity contribution in [1.82, 2.24) is 0 Å². The van der Waals surface area contributed by atoms with Crippen LogP contribution in [0.4, 0.5) is 13.2 Å². The molecule has 0 aromatic heterocycles. The van der Waals surface area contributed by atoms with Crippen LogP contribution in [0.3, 0.4) is 0 Å². The first-order chi connectivity index (χ1) is 6.17. The molecular formula is C7H6ClF3O2S. The van der Waals surface area contributed by atoms with Crippen molar-refractivity contribution in [2.45, 2.75) is 17.8 Å². The summed E-state index contributed by atoms with van der Waals surface area (Å²) in [6, 6.07) is 0. The summed E-state index contributed by atoms with van der Waals surface area (Å²) in [4.78, 5) is 0. The third-order valence-corrected chi connectivity index (χ3v) is 3.68. The summed E-state index contributed by atoms with van der Waals surface area (Å²) in [7, 11) is 0.558. The standard InChI is InChI=1S/C7H6ClF3O2S/c1-7(11)5(14(8,12)13)3-2-4(9)6(7)10/h2-3,5H,1H3. The minimum absolute atomic E-state index is 0.543. The summed E-state index contributed by atoms with van der Waals surface area (Å²) in [6.45, 7) is 0.621. The highest BCUT2D eigenvalue weighted by atomic mass is 35.7. The molecule has 1 aliphatic carbocycles. The Balaban J connectivity index is 3.27. The fourth-order valence-electron chi connectivity index (χ4n) is 1.14. The molecule has 2 atom stereocenters.